The molecule has 0 unspecified atom stereocenters. The van der Waals surface area contributed by atoms with E-state index in [1.165, 1.54) is 0 Å². The van der Waals surface area contributed by atoms with Gasteiger partial charge in [-0.1, -0.05) is 13.8 Å². The van der Waals surface area contributed by atoms with E-state index in [2.05, 4.69) is 5.32 Å². The van der Waals surface area contributed by atoms with Gasteiger partial charge in [0.2, 0.25) is 5.91 Å². The summed E-state index contributed by atoms with van der Waals surface area (Å²) in [5.41, 5.74) is 7.88. The van der Waals surface area contributed by atoms with Crippen LogP contribution in [0.4, 0.5) is 0 Å². The molecule has 11 nitrogen and oxygen atoms in total. The summed E-state index contributed by atoms with van der Waals surface area (Å²) in [7, 11) is 0. The number of fused-ring (bicyclic) bond motifs is 5. The van der Waals surface area contributed by atoms with Crippen molar-refractivity contribution in [3.05, 3.63) is 56.9 Å². The molecular weight excluding hydrogens is 540 g/mol. The third-order valence-corrected chi connectivity index (χ3v) is 7.55. The Morgan fingerprint density at radius 2 is 2.05 bits per heavy atom. The number of nitrogens with zero attached hydrogens (tertiary/aromatic N) is 2. The highest BCUT2D eigenvalue weighted by molar-refractivity contribution is 5.90. The third-order valence-electron chi connectivity index (χ3n) is 7.55. The first-order chi connectivity index (χ1) is 18.7. The van der Waals surface area contributed by atoms with Gasteiger partial charge in [0.25, 0.3) is 5.56 Å². The fourth-order valence-corrected chi connectivity index (χ4v) is 5.32. The molecule has 2 aromatic heterocycles. The number of cyclic esters (lactones) is 1. The minimum atomic E-state index is -1.87. The maximum atomic E-state index is 13.5. The Bertz CT molecular complexity index is 1540. The van der Waals surface area contributed by atoms with E-state index in [4.69, 9.17) is 25.3 Å². The van der Waals surface area contributed by atoms with Crippen molar-refractivity contribution in [3.63, 3.8) is 0 Å². The lowest BCUT2D eigenvalue weighted by molar-refractivity contribution is -0.172. The van der Waals surface area contributed by atoms with Gasteiger partial charge in [-0.3, -0.25) is 9.59 Å². The van der Waals surface area contributed by atoms with Gasteiger partial charge in [-0.15, -0.1) is 12.4 Å². The van der Waals surface area contributed by atoms with Crippen molar-refractivity contribution in [3.8, 4) is 17.1 Å². The molecule has 0 fully saturated rings. The monoisotopic (exact) mass is 572 g/mol. The third kappa shape index (κ3) is 4.83. The van der Waals surface area contributed by atoms with Gasteiger partial charge in [0.15, 0.2) is 5.60 Å². The molecule has 40 heavy (non-hydrogen) atoms. The van der Waals surface area contributed by atoms with Crippen molar-refractivity contribution in [2.24, 2.45) is 5.73 Å². The van der Waals surface area contributed by atoms with Gasteiger partial charge in [-0.25, -0.2) is 9.78 Å². The maximum Gasteiger partial charge on any atom is 0.343 e. The summed E-state index contributed by atoms with van der Waals surface area (Å²) < 4.78 is 12.7. The Balaban J connectivity index is 0.00000370. The normalized spacial score (nSPS) is 17.8. The Morgan fingerprint density at radius 1 is 1.27 bits per heavy atom. The number of ether oxygens (including phenoxy) is 2. The SMILES string of the molecule is CCc1c2c(nc3ccc(OCCCNC(=O)[C@@H](N)CO)cc13)-c1cc3c(c(=O)n1C2)COC(=O)[C@]3(O)CC.Cl. The Hall–Kier alpha value is -3.51. The van der Waals surface area contributed by atoms with Crippen LogP contribution >= 0.6 is 12.4 Å². The molecule has 5 N–H and O–H groups in total. The van der Waals surface area contributed by atoms with Gasteiger partial charge in [-0.2, -0.15) is 0 Å². The maximum absolute atomic E-state index is 13.5. The van der Waals surface area contributed by atoms with Crippen molar-refractivity contribution in [2.75, 3.05) is 19.8 Å². The number of carbonyl (C=O) groups is 2. The molecule has 3 aromatic rings. The summed E-state index contributed by atoms with van der Waals surface area (Å²) >= 11 is 0. The molecule has 4 heterocycles. The van der Waals surface area contributed by atoms with Gasteiger partial charge in [0.05, 0.1) is 42.2 Å². The average Bonchev–Trinajstić information content (AvgIpc) is 3.31. The topological polar surface area (TPSA) is 166 Å². The molecule has 0 saturated heterocycles. The number of benzene rings is 1. The fraction of sp³-hybridized carbons (Fsp3) is 0.429. The molecule has 1 aromatic carbocycles. The molecule has 2 aliphatic rings. The average molecular weight is 573 g/mol. The molecule has 1 amide bonds. The lowest BCUT2D eigenvalue weighted by Gasteiger charge is -2.31. The summed E-state index contributed by atoms with van der Waals surface area (Å²) in [6, 6.07) is 6.40. The number of aryl methyl sites for hydroxylation is 1. The summed E-state index contributed by atoms with van der Waals surface area (Å²) in [4.78, 5) is 42.4. The number of hydrogen-bond acceptors (Lipinski definition) is 9. The zero-order valence-electron chi connectivity index (χ0n) is 22.4. The van der Waals surface area contributed by atoms with E-state index in [9.17, 15) is 19.5 Å². The minimum absolute atomic E-state index is 0. The quantitative estimate of drug-likeness (QED) is 0.171. The van der Waals surface area contributed by atoms with Crippen molar-refractivity contribution in [2.45, 2.75) is 57.9 Å². The second-order valence-corrected chi connectivity index (χ2v) is 9.84. The number of aliphatic hydroxyl groups is 2. The zero-order valence-corrected chi connectivity index (χ0v) is 23.2. The highest BCUT2D eigenvalue weighted by Gasteiger charge is 2.45. The van der Waals surface area contributed by atoms with Crippen LogP contribution in [0.5, 0.6) is 5.75 Å². The molecule has 0 bridgehead atoms. The van der Waals surface area contributed by atoms with Crippen LogP contribution in [0.2, 0.25) is 0 Å². The number of esters is 1. The lowest BCUT2D eigenvalue weighted by Crippen LogP contribution is -2.44. The smallest absolute Gasteiger partial charge is 0.343 e. The first-order valence-electron chi connectivity index (χ1n) is 13.1. The molecule has 12 heteroatoms. The van der Waals surface area contributed by atoms with Crippen LogP contribution in [-0.2, 0) is 39.5 Å². The van der Waals surface area contributed by atoms with Crippen molar-refractivity contribution in [1.29, 1.82) is 0 Å². The van der Waals surface area contributed by atoms with Crippen LogP contribution in [-0.4, -0.2) is 57.4 Å². The first-order valence-corrected chi connectivity index (χ1v) is 13.1. The van der Waals surface area contributed by atoms with Crippen LogP contribution in [0.1, 0.15) is 48.9 Å². The second-order valence-electron chi connectivity index (χ2n) is 9.84. The standard InChI is InChI=1S/C28H32N4O7.ClH/c1-3-16-17-10-15(38-9-5-8-30-25(34)21(29)13-33)6-7-22(17)31-24-18(16)12-32-23(24)11-20-19(26(32)35)14-39-27(36)28(20,37)4-2;/h6-7,10-11,21,33,37H,3-5,8-9,12-14,29H2,1-2H3,(H,30,34);1H/t21-,28-;/m0./s1. The number of nitrogens with one attached hydrogen (secondary N) is 1. The van der Waals surface area contributed by atoms with Crippen LogP contribution < -0.4 is 21.3 Å². The van der Waals surface area contributed by atoms with E-state index in [0.29, 0.717) is 60.8 Å². The van der Waals surface area contributed by atoms with E-state index in [-0.39, 0.29) is 31.0 Å². The number of aromatic nitrogens is 2. The second kappa shape index (κ2) is 11.5. The fourth-order valence-electron chi connectivity index (χ4n) is 5.32. The summed E-state index contributed by atoms with van der Waals surface area (Å²) in [5, 5.41) is 23.6. The van der Waals surface area contributed by atoms with Crippen LogP contribution in [0, 0.1) is 0 Å². The molecular formula is C28H33ClN4O7. The first kappa shape index (κ1) is 29.5. The van der Waals surface area contributed by atoms with Crippen LogP contribution in [0.25, 0.3) is 22.3 Å². The van der Waals surface area contributed by atoms with Crippen LogP contribution in [0.3, 0.4) is 0 Å². The minimum Gasteiger partial charge on any atom is -0.494 e. The molecule has 0 saturated carbocycles. The van der Waals surface area contributed by atoms with Crippen LogP contribution in [0.15, 0.2) is 29.1 Å². The zero-order chi connectivity index (χ0) is 27.9. The van der Waals surface area contributed by atoms with Gasteiger partial charge in [-0.05, 0) is 49.1 Å². The van der Waals surface area contributed by atoms with Gasteiger partial charge in [0.1, 0.15) is 18.4 Å². The molecule has 214 valence electrons. The summed E-state index contributed by atoms with van der Waals surface area (Å²) in [6.45, 7) is 4.22. The molecule has 0 aliphatic carbocycles. The van der Waals surface area contributed by atoms with E-state index >= 15 is 0 Å². The molecule has 5 rings (SSSR count). The van der Waals surface area contributed by atoms with E-state index < -0.39 is 30.1 Å². The molecule has 0 radical (unpaired) electrons. The Labute approximate surface area is 236 Å². The Morgan fingerprint density at radius 3 is 2.75 bits per heavy atom. The summed E-state index contributed by atoms with van der Waals surface area (Å²) in [5.74, 6) is -0.497. The van der Waals surface area contributed by atoms with Gasteiger partial charge in [0, 0.05) is 23.1 Å². The number of halogens is 1. The predicted molar refractivity (Wildman–Crippen MR) is 149 cm³/mol. The molecule has 2 atom stereocenters. The number of nitrogens with two attached hydrogens (primary N) is 1. The molecule has 2 aliphatic heterocycles. The number of aliphatic hydroxyl groups excluding tert-OH is 1. The highest BCUT2D eigenvalue weighted by atomic mass is 35.5. The number of hydrogen-bond donors (Lipinski definition) is 4. The van der Waals surface area contributed by atoms with Crippen molar-refractivity contribution >= 4 is 35.2 Å². The van der Waals surface area contributed by atoms with E-state index in [1.807, 2.05) is 25.1 Å². The number of rotatable bonds is 9. The lowest BCUT2D eigenvalue weighted by atomic mass is 9.86. The Kier molecular flexibility index (Phi) is 8.50. The summed E-state index contributed by atoms with van der Waals surface area (Å²) in [6.07, 6.45) is 1.35. The highest BCUT2D eigenvalue weighted by Crippen LogP contribution is 2.40. The van der Waals surface area contributed by atoms with Gasteiger partial charge >= 0.3 is 5.97 Å². The number of pyridine rings is 2. The number of amides is 1. The predicted octanol–water partition coefficient (Wildman–Crippen LogP) is 1.27. The largest absolute Gasteiger partial charge is 0.494 e. The van der Waals surface area contributed by atoms with Crippen molar-refractivity contribution in [1.82, 2.24) is 14.9 Å². The number of carbonyl (C=O) groups excluding carboxylic acids is 2. The van der Waals surface area contributed by atoms with E-state index in [1.54, 1.807) is 17.6 Å². The molecule has 0 spiro atoms. The van der Waals surface area contributed by atoms with E-state index in [0.717, 1.165) is 22.0 Å². The van der Waals surface area contributed by atoms with Gasteiger partial charge < -0.3 is 35.3 Å². The van der Waals surface area contributed by atoms with Crippen molar-refractivity contribution < 1.29 is 29.3 Å².